The van der Waals surface area contributed by atoms with Crippen LogP contribution in [0, 0.1) is 11.8 Å². The van der Waals surface area contributed by atoms with Crippen LogP contribution in [0.1, 0.15) is 43.9 Å². The second-order valence-corrected chi connectivity index (χ2v) is 8.95. The van der Waals surface area contributed by atoms with Gasteiger partial charge in [0, 0.05) is 19.4 Å². The Morgan fingerprint density at radius 3 is 2.61 bits per heavy atom. The van der Waals surface area contributed by atoms with Crippen LogP contribution in [0.15, 0.2) is 24.3 Å². The molecule has 5 nitrogen and oxygen atoms in total. The average molecular weight is 420 g/mol. The smallest absolute Gasteiger partial charge is 0.233 e. The molecular formula is C21H25NO4S2. The Kier molecular flexibility index (Phi) is 6.88. The van der Waals surface area contributed by atoms with Crippen LogP contribution in [0.2, 0.25) is 0 Å². The van der Waals surface area contributed by atoms with E-state index < -0.39 is 12.0 Å². The minimum absolute atomic E-state index is 0.0549. The highest BCUT2D eigenvalue weighted by Gasteiger charge is 2.45. The summed E-state index contributed by atoms with van der Waals surface area (Å²) >= 11 is 6.29. The predicted octanol–water partition coefficient (Wildman–Crippen LogP) is 3.35. The number of ketones is 2. The predicted molar refractivity (Wildman–Crippen MR) is 113 cm³/mol. The van der Waals surface area contributed by atoms with Crippen LogP contribution in [0.4, 0.5) is 0 Å². The van der Waals surface area contributed by atoms with Crippen LogP contribution >= 0.6 is 24.0 Å². The number of amides is 1. The zero-order chi connectivity index (χ0) is 20.3. The lowest BCUT2D eigenvalue weighted by Gasteiger charge is -2.42. The van der Waals surface area contributed by atoms with E-state index >= 15 is 0 Å². The van der Waals surface area contributed by atoms with Crippen LogP contribution < -0.4 is 0 Å². The molecule has 2 aliphatic rings. The second kappa shape index (κ2) is 9.18. The topological polar surface area (TPSA) is 63.7 Å². The van der Waals surface area contributed by atoms with Crippen LogP contribution in [-0.2, 0) is 25.5 Å². The molecule has 3 rings (SSSR count). The molecular weight excluding hydrogens is 394 g/mol. The summed E-state index contributed by atoms with van der Waals surface area (Å²) in [7, 11) is 0. The second-order valence-electron chi connectivity index (χ2n) is 7.38. The Morgan fingerprint density at radius 1 is 1.25 bits per heavy atom. The minimum atomic E-state index is -0.773. The van der Waals surface area contributed by atoms with E-state index in [4.69, 9.17) is 17.0 Å². The van der Waals surface area contributed by atoms with Gasteiger partial charge in [0.1, 0.15) is 17.5 Å². The summed E-state index contributed by atoms with van der Waals surface area (Å²) in [5, 5.41) is 0. The summed E-state index contributed by atoms with van der Waals surface area (Å²) < 4.78 is 5.58. The quantitative estimate of drug-likeness (QED) is 0.551. The van der Waals surface area contributed by atoms with Crippen molar-refractivity contribution in [2.75, 3.05) is 18.9 Å². The maximum absolute atomic E-state index is 13.0. The Hall–Kier alpha value is -1.73. The summed E-state index contributed by atoms with van der Waals surface area (Å²) in [5.74, 6) is -0.792. The molecule has 1 saturated carbocycles. The first kappa shape index (κ1) is 21.0. The summed E-state index contributed by atoms with van der Waals surface area (Å²) in [6, 6.07) is 7.29. The molecule has 28 heavy (non-hydrogen) atoms. The molecule has 0 bridgehead atoms. The Morgan fingerprint density at radius 2 is 1.93 bits per heavy atom. The lowest BCUT2D eigenvalue weighted by Crippen LogP contribution is -2.49. The van der Waals surface area contributed by atoms with Gasteiger partial charge in [0.2, 0.25) is 10.3 Å². The molecule has 1 aromatic rings. The van der Waals surface area contributed by atoms with E-state index in [9.17, 15) is 14.4 Å². The molecule has 1 unspecified atom stereocenters. The van der Waals surface area contributed by atoms with Crippen molar-refractivity contribution >= 4 is 45.8 Å². The van der Waals surface area contributed by atoms with Gasteiger partial charge in [-0.2, -0.15) is 0 Å². The molecule has 0 saturated heterocycles. The maximum Gasteiger partial charge on any atom is 0.233 e. The fourth-order valence-corrected chi connectivity index (χ4v) is 5.05. The third-order valence-corrected chi connectivity index (χ3v) is 6.55. The lowest BCUT2D eigenvalue weighted by atomic mass is 9.73. The third-order valence-electron chi connectivity index (χ3n) is 5.34. The van der Waals surface area contributed by atoms with Crippen LogP contribution in [0.3, 0.4) is 0 Å². The Bertz CT molecular complexity index is 776. The summed E-state index contributed by atoms with van der Waals surface area (Å²) in [6.45, 7) is 4.72. The number of thiocarbonyl (C=S) groups is 1. The molecule has 0 radical (unpaired) electrons. The molecule has 1 aromatic carbocycles. The Labute approximate surface area is 175 Å². The number of hydrogen-bond acceptors (Lipinski definition) is 6. The van der Waals surface area contributed by atoms with Crippen molar-refractivity contribution in [2.45, 2.75) is 39.2 Å². The molecule has 1 fully saturated rings. The molecule has 1 atom stereocenters. The van der Waals surface area contributed by atoms with Gasteiger partial charge < -0.3 is 9.64 Å². The van der Waals surface area contributed by atoms with Gasteiger partial charge in [-0.3, -0.25) is 14.4 Å². The van der Waals surface area contributed by atoms with E-state index in [0.717, 1.165) is 11.1 Å². The highest BCUT2D eigenvalue weighted by molar-refractivity contribution is 8.23. The number of nitrogens with zero attached hydrogens (tertiary/aromatic N) is 1. The highest BCUT2D eigenvalue weighted by atomic mass is 32.2. The minimum Gasteiger partial charge on any atom is -0.479 e. The molecule has 1 aliphatic heterocycles. The van der Waals surface area contributed by atoms with Gasteiger partial charge in [-0.05, 0) is 42.6 Å². The van der Waals surface area contributed by atoms with Gasteiger partial charge in [-0.25, -0.2) is 0 Å². The standard InChI is InChI=1S/C21H25NO4S2/c1-3-26-21(27)28-12-18(25)22-9-8-14-6-4-5-7-15(14)20(22)19-16(23)10-13(2)11-17(19)24/h4-7,13,19-20H,3,8-12H2,1-2H3. The third kappa shape index (κ3) is 4.46. The summed E-state index contributed by atoms with van der Waals surface area (Å²) in [6.07, 6.45) is 1.49. The number of Topliss-reactive ketones (excluding diaryl/α,β-unsaturated/α-hetero) is 2. The zero-order valence-corrected chi connectivity index (χ0v) is 17.8. The van der Waals surface area contributed by atoms with E-state index in [1.54, 1.807) is 4.90 Å². The van der Waals surface area contributed by atoms with Crippen molar-refractivity contribution in [3.8, 4) is 0 Å². The van der Waals surface area contributed by atoms with Crippen molar-refractivity contribution in [3.05, 3.63) is 35.4 Å². The Balaban J connectivity index is 1.89. The monoisotopic (exact) mass is 419 g/mol. The molecule has 7 heteroatoms. The molecule has 1 aliphatic carbocycles. The number of rotatable bonds is 4. The van der Waals surface area contributed by atoms with Crippen molar-refractivity contribution in [2.24, 2.45) is 11.8 Å². The van der Waals surface area contributed by atoms with E-state index in [1.165, 1.54) is 11.8 Å². The van der Waals surface area contributed by atoms with Crippen molar-refractivity contribution in [1.82, 2.24) is 4.90 Å². The molecule has 1 heterocycles. The van der Waals surface area contributed by atoms with Gasteiger partial charge in [-0.15, -0.1) is 0 Å². The molecule has 0 N–H and O–H groups in total. The van der Waals surface area contributed by atoms with Gasteiger partial charge >= 0.3 is 0 Å². The molecule has 1 amide bonds. The van der Waals surface area contributed by atoms with Gasteiger partial charge in [0.25, 0.3) is 0 Å². The first-order valence-electron chi connectivity index (χ1n) is 9.64. The van der Waals surface area contributed by atoms with Crippen molar-refractivity contribution in [1.29, 1.82) is 0 Å². The summed E-state index contributed by atoms with van der Waals surface area (Å²) in [5.41, 5.74) is 2.02. The number of fused-ring (bicyclic) bond motifs is 1. The van der Waals surface area contributed by atoms with Crippen LogP contribution in [0.25, 0.3) is 0 Å². The number of carbonyl (C=O) groups is 3. The average Bonchev–Trinajstić information content (AvgIpc) is 2.65. The molecule has 150 valence electrons. The van der Waals surface area contributed by atoms with E-state index in [2.05, 4.69) is 0 Å². The van der Waals surface area contributed by atoms with Crippen LogP contribution in [-0.4, -0.2) is 45.7 Å². The van der Waals surface area contributed by atoms with Gasteiger partial charge in [0.15, 0.2) is 0 Å². The molecule has 0 spiro atoms. The number of benzene rings is 1. The van der Waals surface area contributed by atoms with E-state index in [-0.39, 0.29) is 29.1 Å². The zero-order valence-electron chi connectivity index (χ0n) is 16.2. The van der Waals surface area contributed by atoms with Crippen LogP contribution in [0.5, 0.6) is 0 Å². The number of hydrogen-bond donors (Lipinski definition) is 0. The normalized spacial score (nSPS) is 24.6. The maximum atomic E-state index is 13.0. The molecule has 0 aromatic heterocycles. The number of thioether (sulfide) groups is 1. The van der Waals surface area contributed by atoms with Gasteiger partial charge in [0.05, 0.1) is 18.4 Å². The highest BCUT2D eigenvalue weighted by Crippen LogP contribution is 2.40. The van der Waals surface area contributed by atoms with E-state index in [1.807, 2.05) is 38.1 Å². The van der Waals surface area contributed by atoms with Crippen molar-refractivity contribution < 1.29 is 19.1 Å². The van der Waals surface area contributed by atoms with Crippen molar-refractivity contribution in [3.63, 3.8) is 0 Å². The fraction of sp³-hybridized carbons (Fsp3) is 0.524. The lowest BCUT2D eigenvalue weighted by molar-refractivity contribution is -0.144. The summed E-state index contributed by atoms with van der Waals surface area (Å²) in [4.78, 5) is 40.4. The fourth-order valence-electron chi connectivity index (χ4n) is 4.15. The first-order chi connectivity index (χ1) is 13.4. The van der Waals surface area contributed by atoms with E-state index in [0.29, 0.717) is 36.8 Å². The number of carbonyl (C=O) groups excluding carboxylic acids is 3. The first-order valence-corrected chi connectivity index (χ1v) is 11.0. The SMILES string of the molecule is CCOC(=S)SCC(=O)N1CCc2ccccc2C1C1C(=O)CC(C)CC1=O. The van der Waals surface area contributed by atoms with Gasteiger partial charge in [-0.1, -0.05) is 43.0 Å². The number of ether oxygens (including phenoxy) is 1. The largest absolute Gasteiger partial charge is 0.479 e.